The summed E-state index contributed by atoms with van der Waals surface area (Å²) in [6, 6.07) is 21.7. The predicted octanol–water partition coefficient (Wildman–Crippen LogP) is 3.69. The second-order valence-corrected chi connectivity index (χ2v) is 8.23. The molecule has 5 nitrogen and oxygen atoms in total. The van der Waals surface area contributed by atoms with Crippen molar-refractivity contribution in [2.24, 2.45) is 11.8 Å². The third kappa shape index (κ3) is 4.03. The Morgan fingerprint density at radius 1 is 1.03 bits per heavy atom. The average Bonchev–Trinajstić information content (AvgIpc) is 3.32. The molecule has 1 amide bonds. The molecular weight excluding hydrogens is 374 g/mol. The van der Waals surface area contributed by atoms with E-state index >= 15 is 0 Å². The second kappa shape index (κ2) is 8.84. The smallest absolute Gasteiger partial charge is 0.227 e. The van der Waals surface area contributed by atoms with Crippen molar-refractivity contribution in [3.8, 4) is 0 Å². The lowest BCUT2D eigenvalue weighted by molar-refractivity contribution is -0.138. The van der Waals surface area contributed by atoms with E-state index in [1.807, 2.05) is 84.8 Å². The minimum atomic E-state index is -1.06. The summed E-state index contributed by atoms with van der Waals surface area (Å²) in [5, 5.41) is 16.2. The SMILES string of the molecule is CC(Cn1cccn1)C(=O)N1CCC(C(O)(c2ccccc2)c2ccccc2)CC1. The van der Waals surface area contributed by atoms with Gasteiger partial charge in [-0.15, -0.1) is 0 Å². The molecule has 0 saturated carbocycles. The zero-order valence-electron chi connectivity index (χ0n) is 17.4. The number of rotatable bonds is 6. The molecule has 30 heavy (non-hydrogen) atoms. The van der Waals surface area contributed by atoms with Crippen molar-refractivity contribution >= 4 is 5.91 Å². The van der Waals surface area contributed by atoms with E-state index in [2.05, 4.69) is 5.10 Å². The Kier molecular flexibility index (Phi) is 6.00. The summed E-state index contributed by atoms with van der Waals surface area (Å²) in [6.07, 6.45) is 5.15. The van der Waals surface area contributed by atoms with E-state index in [1.54, 1.807) is 10.9 Å². The lowest BCUT2D eigenvalue weighted by atomic mass is 9.72. The Bertz CT molecular complexity index is 894. The molecule has 1 aliphatic heterocycles. The van der Waals surface area contributed by atoms with Crippen molar-refractivity contribution in [2.75, 3.05) is 13.1 Å². The number of aliphatic hydroxyl groups is 1. The van der Waals surface area contributed by atoms with E-state index in [0.29, 0.717) is 19.6 Å². The minimum absolute atomic E-state index is 0.0489. The van der Waals surface area contributed by atoms with Gasteiger partial charge in [0.1, 0.15) is 5.60 Å². The number of likely N-dealkylation sites (tertiary alicyclic amines) is 1. The van der Waals surface area contributed by atoms with Gasteiger partial charge < -0.3 is 10.0 Å². The van der Waals surface area contributed by atoms with Crippen LogP contribution in [0.25, 0.3) is 0 Å². The fraction of sp³-hybridized carbons (Fsp3) is 0.360. The molecule has 1 fully saturated rings. The maximum atomic E-state index is 12.9. The van der Waals surface area contributed by atoms with Crippen LogP contribution in [0.4, 0.5) is 0 Å². The molecule has 1 aromatic heterocycles. The van der Waals surface area contributed by atoms with Crippen LogP contribution in [0.2, 0.25) is 0 Å². The molecule has 2 heterocycles. The van der Waals surface area contributed by atoms with Gasteiger partial charge in [0.25, 0.3) is 0 Å². The van der Waals surface area contributed by atoms with E-state index in [4.69, 9.17) is 0 Å². The number of aromatic nitrogens is 2. The van der Waals surface area contributed by atoms with Crippen LogP contribution in [-0.2, 0) is 16.9 Å². The van der Waals surface area contributed by atoms with Crippen LogP contribution in [0, 0.1) is 11.8 Å². The van der Waals surface area contributed by atoms with Crippen LogP contribution in [0.5, 0.6) is 0 Å². The summed E-state index contributed by atoms with van der Waals surface area (Å²) in [5.74, 6) is 0.0864. The van der Waals surface area contributed by atoms with E-state index < -0.39 is 5.60 Å². The molecule has 2 aromatic carbocycles. The number of nitrogens with zero attached hydrogens (tertiary/aromatic N) is 3. The van der Waals surface area contributed by atoms with Gasteiger partial charge in [0.2, 0.25) is 5.91 Å². The molecule has 156 valence electrons. The Morgan fingerprint density at radius 2 is 1.60 bits per heavy atom. The standard InChI is InChI=1S/C25H29N3O2/c1-20(19-28-16-8-15-26-28)24(29)27-17-13-23(14-18-27)25(30,21-9-4-2-5-10-21)22-11-6-3-7-12-22/h2-12,15-16,20,23,30H,13-14,17-19H2,1H3. The summed E-state index contributed by atoms with van der Waals surface area (Å²) < 4.78 is 1.80. The fourth-order valence-electron chi connectivity index (χ4n) is 4.62. The lowest BCUT2D eigenvalue weighted by Gasteiger charge is -2.42. The van der Waals surface area contributed by atoms with Gasteiger partial charge in [-0.3, -0.25) is 9.48 Å². The van der Waals surface area contributed by atoms with Gasteiger partial charge in [0.15, 0.2) is 0 Å². The van der Waals surface area contributed by atoms with Gasteiger partial charge >= 0.3 is 0 Å². The number of benzene rings is 2. The highest BCUT2D eigenvalue weighted by atomic mass is 16.3. The largest absolute Gasteiger partial charge is 0.380 e. The molecule has 1 saturated heterocycles. The zero-order valence-corrected chi connectivity index (χ0v) is 17.4. The van der Waals surface area contributed by atoms with Crippen LogP contribution in [-0.4, -0.2) is 38.8 Å². The number of hydrogen-bond donors (Lipinski definition) is 1. The third-order valence-electron chi connectivity index (χ3n) is 6.27. The van der Waals surface area contributed by atoms with Crippen LogP contribution >= 0.6 is 0 Å². The summed E-state index contributed by atoms with van der Waals surface area (Å²) in [5.41, 5.74) is 0.763. The Labute approximate surface area is 178 Å². The number of amides is 1. The van der Waals surface area contributed by atoms with Crippen molar-refractivity contribution in [1.29, 1.82) is 0 Å². The van der Waals surface area contributed by atoms with Gasteiger partial charge in [-0.05, 0) is 36.0 Å². The van der Waals surface area contributed by atoms with Crippen molar-refractivity contribution in [2.45, 2.75) is 31.9 Å². The molecule has 1 atom stereocenters. The van der Waals surface area contributed by atoms with Crippen LogP contribution in [0.3, 0.4) is 0 Å². The summed E-state index contributed by atoms with van der Waals surface area (Å²) in [4.78, 5) is 14.9. The van der Waals surface area contributed by atoms with Gasteiger partial charge in [-0.2, -0.15) is 5.10 Å². The topological polar surface area (TPSA) is 58.4 Å². The maximum absolute atomic E-state index is 12.9. The first-order valence-electron chi connectivity index (χ1n) is 10.7. The first kappa shape index (κ1) is 20.4. The molecule has 0 aliphatic carbocycles. The van der Waals surface area contributed by atoms with Gasteiger partial charge in [0, 0.05) is 25.5 Å². The third-order valence-corrected chi connectivity index (χ3v) is 6.27. The maximum Gasteiger partial charge on any atom is 0.227 e. The van der Waals surface area contributed by atoms with E-state index in [1.165, 1.54) is 0 Å². The van der Waals surface area contributed by atoms with E-state index in [0.717, 1.165) is 24.0 Å². The lowest BCUT2D eigenvalue weighted by Crippen LogP contribution is -2.47. The molecule has 1 aliphatic rings. The van der Waals surface area contributed by atoms with E-state index in [-0.39, 0.29) is 17.7 Å². The summed E-state index contributed by atoms with van der Waals surface area (Å²) in [7, 11) is 0. The van der Waals surface area contributed by atoms with Crippen molar-refractivity contribution in [3.63, 3.8) is 0 Å². The van der Waals surface area contributed by atoms with Crippen LogP contribution < -0.4 is 0 Å². The quantitative estimate of drug-likeness (QED) is 0.683. The Morgan fingerprint density at radius 3 is 2.10 bits per heavy atom. The van der Waals surface area contributed by atoms with Crippen molar-refractivity contribution in [1.82, 2.24) is 14.7 Å². The normalized spacial score (nSPS) is 16.4. The average molecular weight is 404 g/mol. The molecule has 0 radical (unpaired) electrons. The first-order chi connectivity index (χ1) is 14.6. The molecular formula is C25H29N3O2. The van der Waals surface area contributed by atoms with Gasteiger partial charge in [0.05, 0.1) is 12.5 Å². The molecule has 3 aromatic rings. The van der Waals surface area contributed by atoms with Gasteiger partial charge in [-0.1, -0.05) is 67.6 Å². The van der Waals surface area contributed by atoms with Crippen molar-refractivity contribution in [3.05, 3.63) is 90.3 Å². The highest BCUT2D eigenvalue weighted by Gasteiger charge is 2.42. The molecule has 1 N–H and O–H groups in total. The van der Waals surface area contributed by atoms with E-state index in [9.17, 15) is 9.90 Å². The number of carbonyl (C=O) groups is 1. The number of hydrogen-bond acceptors (Lipinski definition) is 3. The highest BCUT2D eigenvalue weighted by Crippen LogP contribution is 2.42. The fourth-order valence-corrected chi connectivity index (χ4v) is 4.62. The molecule has 4 rings (SSSR count). The Hall–Kier alpha value is -2.92. The zero-order chi connectivity index (χ0) is 21.0. The summed E-state index contributed by atoms with van der Waals surface area (Å²) >= 11 is 0. The monoisotopic (exact) mass is 403 g/mol. The second-order valence-electron chi connectivity index (χ2n) is 8.23. The number of carbonyl (C=O) groups excluding carboxylic acids is 1. The van der Waals surface area contributed by atoms with Crippen LogP contribution in [0.1, 0.15) is 30.9 Å². The summed E-state index contributed by atoms with van der Waals surface area (Å²) in [6.45, 7) is 3.87. The Balaban J connectivity index is 1.49. The van der Waals surface area contributed by atoms with Gasteiger partial charge in [-0.25, -0.2) is 0 Å². The van der Waals surface area contributed by atoms with Crippen molar-refractivity contribution < 1.29 is 9.90 Å². The first-order valence-corrected chi connectivity index (χ1v) is 10.7. The molecule has 0 spiro atoms. The highest BCUT2D eigenvalue weighted by molar-refractivity contribution is 5.78. The van der Waals surface area contributed by atoms with Crippen LogP contribution in [0.15, 0.2) is 79.1 Å². The number of piperidine rings is 1. The molecule has 5 heteroatoms. The molecule has 0 bridgehead atoms. The minimum Gasteiger partial charge on any atom is -0.380 e. The molecule has 1 unspecified atom stereocenters. The predicted molar refractivity (Wildman–Crippen MR) is 117 cm³/mol.